The smallest absolute Gasteiger partial charge is 0.238 e. The number of halogens is 2. The van der Waals surface area contributed by atoms with Crippen molar-refractivity contribution in [3.05, 3.63) is 47.8 Å². The molecule has 1 unspecified atom stereocenters. The van der Waals surface area contributed by atoms with Crippen molar-refractivity contribution >= 4 is 17.5 Å². The molecule has 0 saturated carbocycles. The Kier molecular flexibility index (Phi) is 5.34. The molecule has 18 heavy (non-hydrogen) atoms. The molecule has 0 aliphatic carbocycles. The third kappa shape index (κ3) is 3.86. The molecule has 3 nitrogen and oxygen atoms in total. The van der Waals surface area contributed by atoms with Gasteiger partial charge in [-0.3, -0.25) is 4.79 Å². The van der Waals surface area contributed by atoms with Crippen LogP contribution in [0.4, 0.5) is 4.39 Å². The first-order valence-electron chi connectivity index (χ1n) is 5.29. The van der Waals surface area contributed by atoms with Crippen LogP contribution in [0.25, 0.3) is 0 Å². The van der Waals surface area contributed by atoms with Gasteiger partial charge in [-0.2, -0.15) is 5.26 Å². The Morgan fingerprint density at radius 3 is 3.00 bits per heavy atom. The molecule has 1 aromatic carbocycles. The zero-order chi connectivity index (χ0) is 13.5. The Morgan fingerprint density at radius 1 is 1.67 bits per heavy atom. The summed E-state index contributed by atoms with van der Waals surface area (Å²) in [5.41, 5.74) is 0.741. The van der Waals surface area contributed by atoms with E-state index in [2.05, 4.69) is 11.9 Å². The molecule has 0 heterocycles. The molecule has 1 aromatic rings. The summed E-state index contributed by atoms with van der Waals surface area (Å²) < 4.78 is 12.9. The van der Waals surface area contributed by atoms with Crippen molar-refractivity contribution in [2.75, 3.05) is 6.54 Å². The van der Waals surface area contributed by atoms with E-state index in [1.165, 1.54) is 12.1 Å². The molecule has 0 spiro atoms. The minimum atomic E-state index is -0.803. The number of hydrogen-bond acceptors (Lipinski definition) is 2. The van der Waals surface area contributed by atoms with Gasteiger partial charge in [0.05, 0.1) is 11.6 Å². The van der Waals surface area contributed by atoms with Crippen LogP contribution in [0.1, 0.15) is 11.1 Å². The Hall–Kier alpha value is -1.86. The van der Waals surface area contributed by atoms with E-state index in [9.17, 15) is 9.18 Å². The van der Waals surface area contributed by atoms with Crippen molar-refractivity contribution in [1.29, 1.82) is 5.26 Å². The van der Waals surface area contributed by atoms with Crippen molar-refractivity contribution in [1.82, 2.24) is 5.32 Å². The molecule has 5 heteroatoms. The summed E-state index contributed by atoms with van der Waals surface area (Å²) in [5.74, 6) is -0.831. The van der Waals surface area contributed by atoms with Gasteiger partial charge < -0.3 is 5.32 Å². The van der Waals surface area contributed by atoms with Crippen molar-refractivity contribution in [3.8, 4) is 6.07 Å². The maximum Gasteiger partial charge on any atom is 0.238 e. The number of carbonyl (C=O) groups is 1. The van der Waals surface area contributed by atoms with E-state index >= 15 is 0 Å². The summed E-state index contributed by atoms with van der Waals surface area (Å²) in [6, 6.07) is 5.70. The average molecular weight is 267 g/mol. The number of amides is 1. The second-order valence-corrected chi connectivity index (χ2v) is 4.15. The second-order valence-electron chi connectivity index (χ2n) is 3.62. The normalized spacial score (nSPS) is 11.4. The molecule has 1 amide bonds. The van der Waals surface area contributed by atoms with Crippen LogP contribution in [0.3, 0.4) is 0 Å². The van der Waals surface area contributed by atoms with Crippen molar-refractivity contribution in [3.63, 3.8) is 0 Å². The molecule has 0 radical (unpaired) electrons. The number of nitrogens with zero attached hydrogens (tertiary/aromatic N) is 1. The quantitative estimate of drug-likeness (QED) is 0.656. The molecule has 0 bridgehead atoms. The second kappa shape index (κ2) is 6.77. The number of nitriles is 1. The maximum absolute atomic E-state index is 12.9. The van der Waals surface area contributed by atoms with Gasteiger partial charge in [0.2, 0.25) is 5.91 Å². The summed E-state index contributed by atoms with van der Waals surface area (Å²) in [5, 5.41) is 10.6. The lowest BCUT2D eigenvalue weighted by atomic mass is 10.0. The number of hydrogen-bond donors (Lipinski definition) is 1. The summed E-state index contributed by atoms with van der Waals surface area (Å²) in [6.45, 7) is 3.80. The minimum absolute atomic E-state index is 0.174. The SMILES string of the molecule is C=CCNC(=O)C(Cl)Cc1ccc(F)cc1C#N. The standard InChI is InChI=1S/C13H12ClFN2O/c1-2-5-17-13(18)12(14)7-9-3-4-11(15)6-10(9)8-16/h2-4,6,12H,1,5,7H2,(H,17,18). The molecule has 0 aromatic heterocycles. The van der Waals surface area contributed by atoms with E-state index in [0.717, 1.165) is 6.07 Å². The number of alkyl halides is 1. The predicted molar refractivity (Wildman–Crippen MR) is 67.7 cm³/mol. The van der Waals surface area contributed by atoms with Crippen LogP contribution < -0.4 is 5.32 Å². The van der Waals surface area contributed by atoms with Crippen LogP contribution in [0.5, 0.6) is 0 Å². The fourth-order valence-corrected chi connectivity index (χ4v) is 1.64. The van der Waals surface area contributed by atoms with Gasteiger partial charge in [0.25, 0.3) is 0 Å². The zero-order valence-electron chi connectivity index (χ0n) is 9.62. The van der Waals surface area contributed by atoms with E-state index in [1.807, 2.05) is 6.07 Å². The van der Waals surface area contributed by atoms with E-state index < -0.39 is 11.2 Å². The van der Waals surface area contributed by atoms with Crippen LogP contribution in [0, 0.1) is 17.1 Å². The first-order chi connectivity index (χ1) is 8.58. The third-order valence-electron chi connectivity index (χ3n) is 2.30. The number of carbonyl (C=O) groups excluding carboxylic acids is 1. The Labute approximate surface area is 110 Å². The summed E-state index contributed by atoms with van der Waals surface area (Å²) in [6.07, 6.45) is 1.72. The van der Waals surface area contributed by atoms with Gasteiger partial charge in [0.1, 0.15) is 11.2 Å². The molecule has 0 aliphatic rings. The highest BCUT2D eigenvalue weighted by molar-refractivity contribution is 6.30. The van der Waals surface area contributed by atoms with Gasteiger partial charge in [-0.05, 0) is 24.1 Å². The largest absolute Gasteiger partial charge is 0.351 e. The monoisotopic (exact) mass is 266 g/mol. The average Bonchev–Trinajstić information content (AvgIpc) is 2.37. The van der Waals surface area contributed by atoms with Gasteiger partial charge in [-0.15, -0.1) is 18.2 Å². The molecule has 0 saturated heterocycles. The van der Waals surface area contributed by atoms with Crippen molar-refractivity contribution in [2.45, 2.75) is 11.8 Å². The maximum atomic E-state index is 12.9. The highest BCUT2D eigenvalue weighted by Crippen LogP contribution is 2.15. The fraction of sp³-hybridized carbons (Fsp3) is 0.231. The van der Waals surface area contributed by atoms with Crippen LogP contribution in [-0.2, 0) is 11.2 Å². The Morgan fingerprint density at radius 2 is 2.39 bits per heavy atom. The first kappa shape index (κ1) is 14.2. The molecule has 94 valence electrons. The third-order valence-corrected chi connectivity index (χ3v) is 2.65. The molecule has 1 atom stereocenters. The van der Waals surface area contributed by atoms with Crippen molar-refractivity contribution < 1.29 is 9.18 Å². The number of rotatable bonds is 5. The molecule has 1 rings (SSSR count). The number of nitrogens with one attached hydrogen (secondary N) is 1. The molecule has 1 N–H and O–H groups in total. The molecular formula is C13H12ClFN2O. The highest BCUT2D eigenvalue weighted by atomic mass is 35.5. The van der Waals surface area contributed by atoms with E-state index in [4.69, 9.17) is 16.9 Å². The topological polar surface area (TPSA) is 52.9 Å². The molecule has 0 fully saturated rings. The Bertz CT molecular complexity index is 496. The van der Waals surface area contributed by atoms with E-state index in [1.54, 1.807) is 6.08 Å². The summed E-state index contributed by atoms with van der Waals surface area (Å²) in [4.78, 5) is 11.5. The van der Waals surface area contributed by atoms with Crippen LogP contribution >= 0.6 is 11.6 Å². The van der Waals surface area contributed by atoms with Crippen molar-refractivity contribution in [2.24, 2.45) is 0 Å². The first-order valence-corrected chi connectivity index (χ1v) is 5.73. The fourth-order valence-electron chi connectivity index (χ4n) is 1.40. The van der Waals surface area contributed by atoms with E-state index in [-0.39, 0.29) is 17.9 Å². The van der Waals surface area contributed by atoms with Crippen LogP contribution in [0.2, 0.25) is 0 Å². The zero-order valence-corrected chi connectivity index (χ0v) is 10.4. The lowest BCUT2D eigenvalue weighted by molar-refractivity contribution is -0.120. The van der Waals surface area contributed by atoms with Crippen LogP contribution in [-0.4, -0.2) is 17.8 Å². The predicted octanol–water partition coefficient (Wildman–Crippen LogP) is 2.15. The minimum Gasteiger partial charge on any atom is -0.351 e. The van der Waals surface area contributed by atoms with Gasteiger partial charge >= 0.3 is 0 Å². The van der Waals surface area contributed by atoms with Gasteiger partial charge in [-0.25, -0.2) is 4.39 Å². The van der Waals surface area contributed by atoms with E-state index in [0.29, 0.717) is 12.1 Å². The summed E-state index contributed by atoms with van der Waals surface area (Å²) in [7, 11) is 0. The lowest BCUT2D eigenvalue weighted by Crippen LogP contribution is -2.32. The molecular weight excluding hydrogens is 255 g/mol. The molecule has 0 aliphatic heterocycles. The Balaban J connectivity index is 2.75. The van der Waals surface area contributed by atoms with Gasteiger partial charge in [0, 0.05) is 6.54 Å². The summed E-state index contributed by atoms with van der Waals surface area (Å²) >= 11 is 5.92. The van der Waals surface area contributed by atoms with Crippen LogP contribution in [0.15, 0.2) is 30.9 Å². The highest BCUT2D eigenvalue weighted by Gasteiger charge is 2.17. The van der Waals surface area contributed by atoms with Gasteiger partial charge in [-0.1, -0.05) is 12.1 Å². The van der Waals surface area contributed by atoms with Gasteiger partial charge in [0.15, 0.2) is 0 Å². The number of benzene rings is 1. The lowest BCUT2D eigenvalue weighted by Gasteiger charge is -2.10.